The summed E-state index contributed by atoms with van der Waals surface area (Å²) in [6.45, 7) is 3.20. The van der Waals surface area contributed by atoms with E-state index in [2.05, 4.69) is 17.2 Å². The maximum Gasteiger partial charge on any atom is 0.220 e. The molecule has 1 aromatic rings. The van der Waals surface area contributed by atoms with Crippen molar-refractivity contribution in [2.45, 2.75) is 77.9 Å². The first kappa shape index (κ1) is 23.9. The van der Waals surface area contributed by atoms with Crippen LogP contribution in [0.5, 0.6) is 11.5 Å². The Balaban J connectivity index is 0.00000320. The van der Waals surface area contributed by atoms with Crippen LogP contribution in [0, 0.1) is 0 Å². The van der Waals surface area contributed by atoms with Gasteiger partial charge in [0.2, 0.25) is 5.91 Å². The van der Waals surface area contributed by atoms with Gasteiger partial charge in [0.05, 0.1) is 12.1 Å². The van der Waals surface area contributed by atoms with Crippen molar-refractivity contribution in [3.8, 4) is 11.5 Å². The number of hydrogen-bond acceptors (Lipinski definition) is 5. The number of hydrogen-bond donors (Lipinski definition) is 2. The number of allylic oxidation sites excluding steroid dienone is 1. The Labute approximate surface area is 180 Å². The van der Waals surface area contributed by atoms with Crippen molar-refractivity contribution >= 4 is 11.6 Å². The zero-order chi connectivity index (χ0) is 20.5. The molecule has 0 spiro atoms. The highest BCUT2D eigenvalue weighted by atomic mass is 16.6. The van der Waals surface area contributed by atoms with E-state index < -0.39 is 12.1 Å². The van der Waals surface area contributed by atoms with Crippen molar-refractivity contribution in [1.82, 2.24) is 5.32 Å². The van der Waals surface area contributed by atoms with Crippen LogP contribution < -0.4 is 14.8 Å². The molecule has 2 atom stereocenters. The Morgan fingerprint density at radius 1 is 1.17 bits per heavy atom. The van der Waals surface area contributed by atoms with Crippen LogP contribution >= 0.6 is 0 Å². The van der Waals surface area contributed by atoms with E-state index >= 15 is 0 Å². The number of aliphatic hydroxyl groups is 1. The molecule has 0 saturated heterocycles. The largest absolute Gasteiger partial charge is 0.486 e. The minimum absolute atomic E-state index is 0. The number of amides is 1. The van der Waals surface area contributed by atoms with Crippen LogP contribution in [0.2, 0.25) is 0 Å². The van der Waals surface area contributed by atoms with Crippen molar-refractivity contribution in [3.05, 3.63) is 36.0 Å². The van der Waals surface area contributed by atoms with Crippen LogP contribution in [-0.2, 0) is 4.79 Å². The zero-order valence-corrected chi connectivity index (χ0v) is 17.2. The Kier molecular flexibility index (Phi) is 9.87. The summed E-state index contributed by atoms with van der Waals surface area (Å²) in [7, 11) is 0. The Bertz CT molecular complexity index is 745. The smallest absolute Gasteiger partial charge is 0.220 e. The molecule has 6 heteroatoms. The number of carbonyl (C=O) groups is 1. The zero-order valence-electron chi connectivity index (χ0n) is 17.2. The van der Waals surface area contributed by atoms with Gasteiger partial charge in [-0.05, 0) is 24.1 Å². The molecule has 2 N–H and O–H groups in total. The molecule has 3 rings (SSSR count). The van der Waals surface area contributed by atoms with E-state index in [0.29, 0.717) is 43.1 Å². The predicted molar refractivity (Wildman–Crippen MR) is 120 cm³/mol. The molecule has 2 heterocycles. The SMILES string of the molecule is C.CCCCCCCC(=O)N[C@H](CC1=NC=CC1)[C@H](O)c1ccc2c(c1)OCCO2. The lowest BCUT2D eigenvalue weighted by atomic mass is 9.96. The molecule has 1 amide bonds. The molecule has 30 heavy (non-hydrogen) atoms. The van der Waals surface area contributed by atoms with Gasteiger partial charge in [-0.25, -0.2) is 0 Å². The maximum absolute atomic E-state index is 12.5. The van der Waals surface area contributed by atoms with Gasteiger partial charge in [0.1, 0.15) is 13.2 Å². The minimum atomic E-state index is -0.849. The molecule has 6 nitrogen and oxygen atoms in total. The molecule has 0 radical (unpaired) electrons. The number of aliphatic imine (C=N–C) groups is 1. The first-order chi connectivity index (χ1) is 14.2. The van der Waals surface area contributed by atoms with Gasteiger partial charge in [0.25, 0.3) is 0 Å². The van der Waals surface area contributed by atoms with E-state index in [1.165, 1.54) is 12.8 Å². The second kappa shape index (κ2) is 12.4. The lowest BCUT2D eigenvalue weighted by Crippen LogP contribution is -2.40. The van der Waals surface area contributed by atoms with Crippen LogP contribution in [0.1, 0.15) is 77.4 Å². The van der Waals surface area contributed by atoms with E-state index in [1.54, 1.807) is 12.3 Å². The van der Waals surface area contributed by atoms with Gasteiger partial charge in [-0.15, -0.1) is 0 Å². The number of rotatable bonds is 11. The van der Waals surface area contributed by atoms with Crippen molar-refractivity contribution in [2.75, 3.05) is 13.2 Å². The van der Waals surface area contributed by atoms with E-state index in [4.69, 9.17) is 9.47 Å². The van der Waals surface area contributed by atoms with Crippen molar-refractivity contribution in [3.63, 3.8) is 0 Å². The summed E-state index contributed by atoms with van der Waals surface area (Å²) in [5, 5.41) is 14.1. The number of aliphatic hydroxyl groups excluding tert-OH is 1. The predicted octanol–water partition coefficient (Wildman–Crippen LogP) is 4.72. The summed E-state index contributed by atoms with van der Waals surface area (Å²) in [4.78, 5) is 16.9. The van der Waals surface area contributed by atoms with Gasteiger partial charge in [-0.3, -0.25) is 9.79 Å². The number of ether oxygens (including phenoxy) is 2. The van der Waals surface area contributed by atoms with Gasteiger partial charge >= 0.3 is 0 Å². The number of carbonyl (C=O) groups excluding carboxylic acids is 1. The van der Waals surface area contributed by atoms with Crippen molar-refractivity contribution in [1.29, 1.82) is 0 Å². The molecule has 0 saturated carbocycles. The quantitative estimate of drug-likeness (QED) is 0.512. The van der Waals surface area contributed by atoms with E-state index in [1.807, 2.05) is 18.2 Å². The highest BCUT2D eigenvalue weighted by Crippen LogP contribution is 2.34. The average molecular weight is 417 g/mol. The molecule has 166 valence electrons. The number of fused-ring (bicyclic) bond motifs is 1. The maximum atomic E-state index is 12.5. The monoisotopic (exact) mass is 416 g/mol. The average Bonchev–Trinajstić information content (AvgIpc) is 3.25. The summed E-state index contributed by atoms with van der Waals surface area (Å²) in [6, 6.07) is 5.02. The fraction of sp³-hybridized carbons (Fsp3) is 0.583. The Morgan fingerprint density at radius 3 is 2.67 bits per heavy atom. The number of nitrogens with zero attached hydrogens (tertiary/aromatic N) is 1. The fourth-order valence-electron chi connectivity index (χ4n) is 3.68. The number of unbranched alkanes of at least 4 members (excludes halogenated alkanes) is 4. The summed E-state index contributed by atoms with van der Waals surface area (Å²) in [6.07, 6.45) is 10.2. The third-order valence-corrected chi connectivity index (χ3v) is 5.31. The molecule has 0 unspecified atom stereocenters. The Morgan fingerprint density at radius 2 is 1.93 bits per heavy atom. The van der Waals surface area contributed by atoms with Crippen LogP contribution in [0.3, 0.4) is 0 Å². The van der Waals surface area contributed by atoms with Gasteiger partial charge in [-0.1, -0.05) is 52.2 Å². The molecule has 2 aliphatic rings. The number of benzene rings is 1. The second-order valence-corrected chi connectivity index (χ2v) is 7.67. The van der Waals surface area contributed by atoms with E-state index in [9.17, 15) is 9.90 Å². The molecule has 1 aromatic carbocycles. The van der Waals surface area contributed by atoms with Crippen LogP contribution in [-0.4, -0.2) is 36.0 Å². The molecule has 0 aromatic heterocycles. The number of nitrogens with one attached hydrogen (secondary N) is 1. The topological polar surface area (TPSA) is 80.2 Å². The van der Waals surface area contributed by atoms with Gasteiger partial charge in [0.15, 0.2) is 11.5 Å². The molecular weight excluding hydrogens is 380 g/mol. The van der Waals surface area contributed by atoms with Gasteiger partial charge < -0.3 is 19.9 Å². The fourth-order valence-corrected chi connectivity index (χ4v) is 3.68. The van der Waals surface area contributed by atoms with E-state index in [-0.39, 0.29) is 13.3 Å². The summed E-state index contributed by atoms with van der Waals surface area (Å²) >= 11 is 0. The third kappa shape index (κ3) is 6.87. The molecule has 0 aliphatic carbocycles. The standard InChI is InChI=1S/C23H32N2O4.CH4/c1-2-3-4-5-6-9-22(26)25-19(16-18-8-7-12-24-18)23(27)17-10-11-20-21(15-17)29-14-13-28-20;/h7,10-12,15,19,23,27H,2-6,8-9,13-14,16H2,1H3,(H,25,26);1H4/t19-,23-;/m1./s1. The summed E-state index contributed by atoms with van der Waals surface area (Å²) in [5.74, 6) is 1.30. The van der Waals surface area contributed by atoms with Crippen LogP contribution in [0.25, 0.3) is 0 Å². The second-order valence-electron chi connectivity index (χ2n) is 7.67. The lowest BCUT2D eigenvalue weighted by Gasteiger charge is -2.26. The summed E-state index contributed by atoms with van der Waals surface area (Å²) < 4.78 is 11.2. The van der Waals surface area contributed by atoms with Gasteiger partial charge in [0, 0.05) is 31.2 Å². The normalized spacial score (nSPS) is 16.4. The molecule has 2 aliphatic heterocycles. The highest BCUT2D eigenvalue weighted by molar-refractivity contribution is 5.89. The van der Waals surface area contributed by atoms with E-state index in [0.717, 1.165) is 31.4 Å². The molecular formula is C24H36N2O4. The first-order valence-corrected chi connectivity index (χ1v) is 10.7. The van der Waals surface area contributed by atoms with Crippen molar-refractivity contribution < 1.29 is 19.4 Å². The van der Waals surface area contributed by atoms with Crippen LogP contribution in [0.15, 0.2) is 35.5 Å². The van der Waals surface area contributed by atoms with Crippen LogP contribution in [0.4, 0.5) is 0 Å². The van der Waals surface area contributed by atoms with Gasteiger partial charge in [-0.2, -0.15) is 0 Å². The third-order valence-electron chi connectivity index (χ3n) is 5.31. The molecule has 0 fully saturated rings. The Hall–Kier alpha value is -2.34. The minimum Gasteiger partial charge on any atom is -0.486 e. The van der Waals surface area contributed by atoms with Crippen molar-refractivity contribution in [2.24, 2.45) is 4.99 Å². The highest BCUT2D eigenvalue weighted by Gasteiger charge is 2.26. The first-order valence-electron chi connectivity index (χ1n) is 10.7. The molecule has 0 bridgehead atoms. The lowest BCUT2D eigenvalue weighted by molar-refractivity contribution is -0.122. The summed E-state index contributed by atoms with van der Waals surface area (Å²) in [5.41, 5.74) is 1.67.